The van der Waals surface area contributed by atoms with Crippen LogP contribution in [0.5, 0.6) is 5.75 Å². The highest BCUT2D eigenvalue weighted by Gasteiger charge is 2.07. The van der Waals surface area contributed by atoms with Gasteiger partial charge in [0, 0.05) is 18.2 Å². The number of rotatable bonds is 5. The van der Waals surface area contributed by atoms with E-state index in [9.17, 15) is 4.79 Å². The number of amides is 1. The first-order chi connectivity index (χ1) is 7.67. The van der Waals surface area contributed by atoms with E-state index in [2.05, 4.69) is 5.32 Å². The molecule has 3 N–H and O–H groups in total. The lowest BCUT2D eigenvalue weighted by atomic mass is 10.2. The Bertz CT molecular complexity index is 353. The Balaban J connectivity index is 2.58. The van der Waals surface area contributed by atoms with Crippen LogP contribution in [0.25, 0.3) is 0 Å². The topological polar surface area (TPSA) is 64.3 Å². The number of ether oxygens (including phenoxy) is 1. The van der Waals surface area contributed by atoms with Gasteiger partial charge < -0.3 is 15.8 Å². The van der Waals surface area contributed by atoms with Crippen molar-refractivity contribution in [1.82, 2.24) is 5.32 Å². The van der Waals surface area contributed by atoms with Crippen LogP contribution >= 0.6 is 0 Å². The summed E-state index contributed by atoms with van der Waals surface area (Å²) in [7, 11) is 1.57. The fraction of sp³-hybridized carbons (Fsp3) is 0.417. The second-order valence-electron chi connectivity index (χ2n) is 3.61. The van der Waals surface area contributed by atoms with Gasteiger partial charge in [-0.15, -0.1) is 0 Å². The van der Waals surface area contributed by atoms with Gasteiger partial charge in [0.25, 0.3) is 5.91 Å². The fourth-order valence-corrected chi connectivity index (χ4v) is 1.23. The van der Waals surface area contributed by atoms with Crippen LogP contribution in [0.4, 0.5) is 0 Å². The molecule has 4 nitrogen and oxygen atoms in total. The summed E-state index contributed by atoms with van der Waals surface area (Å²) in [4.78, 5) is 11.7. The molecule has 1 aromatic rings. The van der Waals surface area contributed by atoms with Crippen LogP contribution < -0.4 is 15.8 Å². The van der Waals surface area contributed by atoms with Crippen molar-refractivity contribution in [3.05, 3.63) is 29.8 Å². The van der Waals surface area contributed by atoms with E-state index in [4.69, 9.17) is 10.5 Å². The van der Waals surface area contributed by atoms with Gasteiger partial charge in [0.05, 0.1) is 7.11 Å². The summed E-state index contributed by atoms with van der Waals surface area (Å²) in [6, 6.07) is 7.04. The van der Waals surface area contributed by atoms with Crippen LogP contribution in [-0.2, 0) is 0 Å². The molecule has 1 atom stereocenters. The highest BCUT2D eigenvalue weighted by Crippen LogP contribution is 2.12. The lowest BCUT2D eigenvalue weighted by molar-refractivity contribution is 0.0950. The highest BCUT2D eigenvalue weighted by molar-refractivity contribution is 5.94. The molecule has 1 amide bonds. The maximum atomic E-state index is 11.7. The molecular weight excluding hydrogens is 204 g/mol. The first-order valence-corrected chi connectivity index (χ1v) is 5.35. The van der Waals surface area contributed by atoms with Crippen molar-refractivity contribution >= 4 is 5.91 Å². The summed E-state index contributed by atoms with van der Waals surface area (Å²) in [5, 5.41) is 2.78. The van der Waals surface area contributed by atoms with Crippen LogP contribution in [0.15, 0.2) is 24.3 Å². The second kappa shape index (κ2) is 6.12. The summed E-state index contributed by atoms with van der Waals surface area (Å²) in [6.07, 6.45) is 0.846. The monoisotopic (exact) mass is 222 g/mol. The third-order valence-electron chi connectivity index (χ3n) is 2.38. The minimum atomic E-state index is -0.122. The molecule has 16 heavy (non-hydrogen) atoms. The number of methoxy groups -OCH3 is 1. The predicted molar refractivity (Wildman–Crippen MR) is 63.6 cm³/mol. The van der Waals surface area contributed by atoms with Gasteiger partial charge >= 0.3 is 0 Å². The molecule has 0 aliphatic rings. The van der Waals surface area contributed by atoms with Crippen molar-refractivity contribution < 1.29 is 9.53 Å². The zero-order chi connectivity index (χ0) is 12.0. The average molecular weight is 222 g/mol. The smallest absolute Gasteiger partial charge is 0.251 e. The van der Waals surface area contributed by atoms with Gasteiger partial charge in [0.1, 0.15) is 5.75 Å². The summed E-state index contributed by atoms with van der Waals surface area (Å²) in [6.45, 7) is 2.48. The van der Waals surface area contributed by atoms with Crippen molar-refractivity contribution in [1.29, 1.82) is 0 Å². The molecule has 1 unspecified atom stereocenters. The molecule has 1 aromatic carbocycles. The summed E-state index contributed by atoms with van der Waals surface area (Å²) < 4.78 is 5.05. The van der Waals surface area contributed by atoms with Gasteiger partial charge in [-0.3, -0.25) is 4.79 Å². The minimum Gasteiger partial charge on any atom is -0.497 e. The molecule has 0 heterocycles. The third kappa shape index (κ3) is 3.55. The Labute approximate surface area is 95.8 Å². The Morgan fingerprint density at radius 3 is 2.94 bits per heavy atom. The Morgan fingerprint density at radius 2 is 2.31 bits per heavy atom. The van der Waals surface area contributed by atoms with Gasteiger partial charge in [-0.2, -0.15) is 0 Å². The van der Waals surface area contributed by atoms with Gasteiger partial charge in [-0.05, 0) is 24.6 Å². The zero-order valence-electron chi connectivity index (χ0n) is 9.69. The maximum absolute atomic E-state index is 11.7. The number of benzene rings is 1. The number of hydrogen-bond donors (Lipinski definition) is 2. The van der Waals surface area contributed by atoms with Gasteiger partial charge in [-0.1, -0.05) is 13.0 Å². The number of carbonyl (C=O) groups excluding carboxylic acids is 1. The highest BCUT2D eigenvalue weighted by atomic mass is 16.5. The summed E-state index contributed by atoms with van der Waals surface area (Å²) >= 11 is 0. The molecule has 1 rings (SSSR count). The van der Waals surface area contributed by atoms with E-state index in [1.54, 1.807) is 31.4 Å². The Kier molecular flexibility index (Phi) is 4.79. The normalized spacial score (nSPS) is 11.9. The van der Waals surface area contributed by atoms with Crippen molar-refractivity contribution in [2.24, 2.45) is 5.73 Å². The fourth-order valence-electron chi connectivity index (χ4n) is 1.23. The van der Waals surface area contributed by atoms with Crippen LogP contribution in [-0.4, -0.2) is 25.6 Å². The first-order valence-electron chi connectivity index (χ1n) is 5.35. The number of hydrogen-bond acceptors (Lipinski definition) is 3. The van der Waals surface area contributed by atoms with Gasteiger partial charge in [-0.25, -0.2) is 0 Å². The zero-order valence-corrected chi connectivity index (χ0v) is 9.69. The molecule has 0 spiro atoms. The molecule has 0 aliphatic carbocycles. The number of nitrogens with two attached hydrogens (primary N) is 1. The second-order valence-corrected chi connectivity index (χ2v) is 3.61. The molecule has 4 heteroatoms. The molecule has 0 bridgehead atoms. The molecule has 88 valence electrons. The number of carbonyl (C=O) groups is 1. The molecule has 0 radical (unpaired) electrons. The molecule has 0 saturated carbocycles. The maximum Gasteiger partial charge on any atom is 0.251 e. The largest absolute Gasteiger partial charge is 0.497 e. The van der Waals surface area contributed by atoms with Crippen molar-refractivity contribution in [3.63, 3.8) is 0 Å². The first kappa shape index (κ1) is 12.5. The van der Waals surface area contributed by atoms with E-state index in [-0.39, 0.29) is 11.9 Å². The van der Waals surface area contributed by atoms with E-state index in [1.165, 1.54) is 0 Å². The van der Waals surface area contributed by atoms with Crippen molar-refractivity contribution in [3.8, 4) is 5.75 Å². The van der Waals surface area contributed by atoms with E-state index < -0.39 is 0 Å². The van der Waals surface area contributed by atoms with E-state index >= 15 is 0 Å². The molecular formula is C12H18N2O2. The predicted octanol–water partition coefficient (Wildman–Crippen LogP) is 1.16. The van der Waals surface area contributed by atoms with E-state index in [0.29, 0.717) is 17.9 Å². The summed E-state index contributed by atoms with van der Waals surface area (Å²) in [5.41, 5.74) is 6.30. The molecule has 0 aliphatic heterocycles. The van der Waals surface area contributed by atoms with Crippen molar-refractivity contribution in [2.45, 2.75) is 19.4 Å². The lowest BCUT2D eigenvalue weighted by Gasteiger charge is -2.10. The van der Waals surface area contributed by atoms with Gasteiger partial charge in [0.2, 0.25) is 0 Å². The third-order valence-corrected chi connectivity index (χ3v) is 2.38. The molecule has 0 fully saturated rings. The van der Waals surface area contributed by atoms with Gasteiger partial charge in [0.15, 0.2) is 0 Å². The van der Waals surface area contributed by atoms with Crippen molar-refractivity contribution in [2.75, 3.05) is 13.7 Å². The Morgan fingerprint density at radius 1 is 1.56 bits per heavy atom. The lowest BCUT2D eigenvalue weighted by Crippen LogP contribution is -2.36. The minimum absolute atomic E-state index is 0.00885. The molecule has 0 aromatic heterocycles. The SMILES string of the molecule is CCC(N)CNC(=O)c1cccc(OC)c1. The standard InChI is InChI=1S/C12H18N2O2/c1-3-10(13)8-14-12(15)9-5-4-6-11(7-9)16-2/h4-7,10H,3,8,13H2,1-2H3,(H,14,15). The quantitative estimate of drug-likeness (QED) is 0.785. The van der Waals surface area contributed by atoms with Crippen LogP contribution in [0, 0.1) is 0 Å². The number of nitrogens with one attached hydrogen (secondary N) is 1. The molecule has 0 saturated heterocycles. The van der Waals surface area contributed by atoms with E-state index in [1.807, 2.05) is 6.92 Å². The average Bonchev–Trinajstić information content (AvgIpc) is 2.35. The van der Waals surface area contributed by atoms with Crippen LogP contribution in [0.3, 0.4) is 0 Å². The van der Waals surface area contributed by atoms with E-state index in [0.717, 1.165) is 6.42 Å². The van der Waals surface area contributed by atoms with Crippen LogP contribution in [0.2, 0.25) is 0 Å². The van der Waals surface area contributed by atoms with Crippen LogP contribution in [0.1, 0.15) is 23.7 Å². The summed E-state index contributed by atoms with van der Waals surface area (Å²) in [5.74, 6) is 0.551. The Hall–Kier alpha value is -1.55.